The summed E-state index contributed by atoms with van der Waals surface area (Å²) in [6, 6.07) is 1.38. The summed E-state index contributed by atoms with van der Waals surface area (Å²) < 4.78 is 87.6. The predicted molar refractivity (Wildman–Crippen MR) is 46.0 cm³/mol. The first kappa shape index (κ1) is 13.8. The van der Waals surface area contributed by atoms with E-state index in [2.05, 4.69) is 0 Å². The van der Waals surface area contributed by atoms with E-state index >= 15 is 0 Å². The summed E-state index contributed by atoms with van der Waals surface area (Å²) >= 11 is 0. The van der Waals surface area contributed by atoms with Crippen LogP contribution in [0.15, 0.2) is 24.3 Å². The minimum Gasteiger partial charge on any atom is -0.200 e. The van der Waals surface area contributed by atoms with E-state index in [-0.39, 0.29) is 6.92 Å². The van der Waals surface area contributed by atoms with Gasteiger partial charge in [0.1, 0.15) is 0 Å². The van der Waals surface area contributed by atoms with E-state index in [9.17, 15) is 30.7 Å². The van der Waals surface area contributed by atoms with Gasteiger partial charge in [0.25, 0.3) is 0 Å². The molecule has 0 aliphatic rings. The van der Waals surface area contributed by atoms with Crippen LogP contribution >= 0.6 is 0 Å². The summed E-state index contributed by atoms with van der Waals surface area (Å²) in [6.07, 6.45) is -4.69. The monoisotopic (exact) mass is 260 g/mol. The second-order valence-electron chi connectivity index (χ2n) is 3.54. The molecule has 0 heterocycles. The van der Waals surface area contributed by atoms with Gasteiger partial charge in [-0.1, -0.05) is 12.1 Å². The molecule has 96 valence electrons. The lowest BCUT2D eigenvalue weighted by Crippen LogP contribution is -2.34. The lowest BCUT2D eigenvalue weighted by Gasteiger charge is -2.23. The minimum atomic E-state index is -4.69. The van der Waals surface area contributed by atoms with Crippen LogP contribution in [0.1, 0.15) is 18.1 Å². The summed E-state index contributed by atoms with van der Waals surface area (Å²) in [5.74, 6) is -8.84. The van der Waals surface area contributed by atoms with Gasteiger partial charge in [-0.25, -0.2) is 0 Å². The molecule has 0 fully saturated rings. The average Bonchev–Trinajstić information content (AvgIpc) is 2.15. The molecule has 0 radical (unpaired) electrons. The van der Waals surface area contributed by atoms with Gasteiger partial charge < -0.3 is 0 Å². The molecule has 0 nitrogen and oxygen atoms in total. The Labute approximate surface area is 92.0 Å². The largest absolute Gasteiger partial charge is 0.416 e. The molecule has 1 aromatic carbocycles. The van der Waals surface area contributed by atoms with Crippen molar-refractivity contribution in [2.45, 2.75) is 24.9 Å². The molecule has 0 amide bonds. The van der Waals surface area contributed by atoms with Gasteiger partial charge in [0.05, 0.1) is 5.56 Å². The first-order valence-electron chi connectivity index (χ1n) is 4.39. The van der Waals surface area contributed by atoms with E-state index in [0.717, 1.165) is 0 Å². The quantitative estimate of drug-likeness (QED) is 0.689. The lowest BCUT2D eigenvalue weighted by molar-refractivity contribution is -0.204. The highest BCUT2D eigenvalue weighted by atomic mass is 19.4. The summed E-state index contributed by atoms with van der Waals surface area (Å²) in [5, 5.41) is 0. The molecule has 0 unspecified atom stereocenters. The third-order valence-electron chi connectivity index (χ3n) is 2.13. The maximum atomic E-state index is 13.1. The standard InChI is InChI=1S/C10H7F7/c1-8(11,12)9(13,14)6-2-4-7(5-3-6)10(15,16)17/h2-5H,1H3. The Bertz CT molecular complexity index is 383. The van der Waals surface area contributed by atoms with Crippen LogP contribution in [0, 0.1) is 0 Å². The second kappa shape index (κ2) is 3.89. The first-order chi connectivity index (χ1) is 7.46. The highest BCUT2D eigenvalue weighted by Crippen LogP contribution is 2.43. The van der Waals surface area contributed by atoms with E-state index in [4.69, 9.17) is 0 Å². The Morgan fingerprint density at radius 1 is 0.706 bits per heavy atom. The number of benzene rings is 1. The van der Waals surface area contributed by atoms with Crippen molar-refractivity contribution in [3.8, 4) is 0 Å². The number of hydrogen-bond donors (Lipinski definition) is 0. The van der Waals surface area contributed by atoms with E-state index in [1.807, 2.05) is 0 Å². The Hall–Kier alpha value is -1.27. The number of rotatable bonds is 2. The van der Waals surface area contributed by atoms with Crippen molar-refractivity contribution < 1.29 is 30.7 Å². The minimum absolute atomic E-state index is 0.00463. The van der Waals surface area contributed by atoms with Crippen molar-refractivity contribution in [1.29, 1.82) is 0 Å². The third kappa shape index (κ3) is 2.70. The molecule has 0 saturated carbocycles. The van der Waals surface area contributed by atoms with Crippen molar-refractivity contribution in [2.24, 2.45) is 0 Å². The van der Waals surface area contributed by atoms with Crippen molar-refractivity contribution in [3.05, 3.63) is 35.4 Å². The number of alkyl halides is 7. The van der Waals surface area contributed by atoms with Crippen LogP contribution in [0.5, 0.6) is 0 Å². The van der Waals surface area contributed by atoms with Crippen molar-refractivity contribution in [3.63, 3.8) is 0 Å². The van der Waals surface area contributed by atoms with Gasteiger partial charge >= 0.3 is 18.0 Å². The second-order valence-corrected chi connectivity index (χ2v) is 3.54. The third-order valence-corrected chi connectivity index (χ3v) is 2.13. The van der Waals surface area contributed by atoms with Crippen molar-refractivity contribution in [1.82, 2.24) is 0 Å². The van der Waals surface area contributed by atoms with Crippen molar-refractivity contribution in [2.75, 3.05) is 0 Å². The maximum Gasteiger partial charge on any atom is 0.416 e. The summed E-state index contributed by atoms with van der Waals surface area (Å²) in [6.45, 7) is 0.00463. The van der Waals surface area contributed by atoms with Crippen LogP contribution in [-0.2, 0) is 12.1 Å². The molecule has 17 heavy (non-hydrogen) atoms. The van der Waals surface area contributed by atoms with E-state index in [1.165, 1.54) is 0 Å². The number of halogens is 7. The summed E-state index contributed by atoms with van der Waals surface area (Å²) in [7, 11) is 0. The molecule has 1 rings (SSSR count). The van der Waals surface area contributed by atoms with E-state index in [0.29, 0.717) is 24.3 Å². The fourth-order valence-corrected chi connectivity index (χ4v) is 1.12. The summed E-state index contributed by atoms with van der Waals surface area (Å²) in [4.78, 5) is 0. The van der Waals surface area contributed by atoms with Crippen LogP contribution in [0.4, 0.5) is 30.7 Å². The van der Waals surface area contributed by atoms with Crippen LogP contribution in [0.3, 0.4) is 0 Å². The zero-order chi connectivity index (χ0) is 13.5. The fourth-order valence-electron chi connectivity index (χ4n) is 1.12. The van der Waals surface area contributed by atoms with E-state index in [1.54, 1.807) is 0 Å². The molecule has 0 N–H and O–H groups in total. The Balaban J connectivity index is 3.12. The van der Waals surface area contributed by atoms with Crippen molar-refractivity contribution >= 4 is 0 Å². The molecule has 0 spiro atoms. The highest BCUT2D eigenvalue weighted by Gasteiger charge is 2.53. The maximum absolute atomic E-state index is 13.1. The van der Waals surface area contributed by atoms with Gasteiger partial charge in [0.15, 0.2) is 0 Å². The molecule has 0 aliphatic heterocycles. The molecular weight excluding hydrogens is 253 g/mol. The normalized spacial score (nSPS) is 13.9. The average molecular weight is 260 g/mol. The molecule has 0 aliphatic carbocycles. The van der Waals surface area contributed by atoms with E-state index < -0.39 is 29.1 Å². The fraction of sp³-hybridized carbons (Fsp3) is 0.400. The topological polar surface area (TPSA) is 0 Å². The van der Waals surface area contributed by atoms with Gasteiger partial charge in [-0.3, -0.25) is 0 Å². The molecule has 0 atom stereocenters. The molecule has 0 aromatic heterocycles. The summed E-state index contributed by atoms with van der Waals surface area (Å²) in [5.41, 5.74) is -2.32. The van der Waals surface area contributed by atoms with Crippen LogP contribution in [0.25, 0.3) is 0 Å². The molecule has 0 saturated heterocycles. The lowest BCUT2D eigenvalue weighted by atomic mass is 10.0. The van der Waals surface area contributed by atoms with Gasteiger partial charge in [-0.15, -0.1) is 0 Å². The molecule has 7 heteroatoms. The highest BCUT2D eigenvalue weighted by molar-refractivity contribution is 5.28. The molecular formula is C10H7F7. The zero-order valence-electron chi connectivity index (χ0n) is 8.46. The van der Waals surface area contributed by atoms with Crippen LogP contribution < -0.4 is 0 Å². The Morgan fingerprint density at radius 3 is 1.35 bits per heavy atom. The van der Waals surface area contributed by atoms with Gasteiger partial charge in [-0.2, -0.15) is 30.7 Å². The molecule has 1 aromatic rings. The van der Waals surface area contributed by atoms with Gasteiger partial charge in [0, 0.05) is 12.5 Å². The zero-order valence-corrected chi connectivity index (χ0v) is 8.46. The predicted octanol–water partition coefficient (Wildman–Crippen LogP) is 4.45. The van der Waals surface area contributed by atoms with Crippen LogP contribution in [-0.4, -0.2) is 5.92 Å². The Kier molecular flexibility index (Phi) is 3.15. The Morgan fingerprint density at radius 2 is 1.06 bits per heavy atom. The first-order valence-corrected chi connectivity index (χ1v) is 4.39. The molecule has 0 bridgehead atoms. The SMILES string of the molecule is CC(F)(F)C(F)(F)c1ccc(C(F)(F)F)cc1. The van der Waals surface area contributed by atoms with Crippen LogP contribution in [0.2, 0.25) is 0 Å². The number of hydrogen-bond acceptors (Lipinski definition) is 0. The smallest absolute Gasteiger partial charge is 0.200 e. The van der Waals surface area contributed by atoms with Gasteiger partial charge in [0.2, 0.25) is 0 Å². The van der Waals surface area contributed by atoms with Gasteiger partial charge in [-0.05, 0) is 12.1 Å².